The van der Waals surface area contributed by atoms with E-state index in [0.29, 0.717) is 10.4 Å². The van der Waals surface area contributed by atoms with Crippen LogP contribution in [0.4, 0.5) is 0 Å². The van der Waals surface area contributed by atoms with Crippen molar-refractivity contribution in [1.82, 2.24) is 35.0 Å². The molecule has 0 spiro atoms. The topological polar surface area (TPSA) is 133 Å². The minimum atomic E-state index is -0.281. The van der Waals surface area contributed by atoms with Gasteiger partial charge in [-0.05, 0) is 53.3 Å². The van der Waals surface area contributed by atoms with Gasteiger partial charge in [-0.1, -0.05) is 126 Å². The summed E-state index contributed by atoms with van der Waals surface area (Å²) in [5.74, 6) is 2.08. The minimum Gasteiger partial charge on any atom is -0.554 e. The van der Waals surface area contributed by atoms with Crippen LogP contribution in [0.3, 0.4) is 0 Å². The predicted octanol–water partition coefficient (Wildman–Crippen LogP) is 10.0. The summed E-state index contributed by atoms with van der Waals surface area (Å²) in [5.41, 5.74) is 6.48. The Balaban J connectivity index is 0.000000141. The summed E-state index contributed by atoms with van der Waals surface area (Å²) in [6, 6.07) is 56.3. The van der Waals surface area contributed by atoms with E-state index in [-0.39, 0.29) is 33.4 Å². The molecule has 14 heteroatoms. The van der Waals surface area contributed by atoms with Crippen molar-refractivity contribution in [3.8, 4) is 28.6 Å². The number of rotatable bonds is 6. The second kappa shape index (κ2) is 20.1. The Morgan fingerprint density at radius 3 is 1.47 bits per heavy atom. The van der Waals surface area contributed by atoms with E-state index in [2.05, 4.69) is 42.5 Å². The monoisotopic (exact) mass is 1040 g/mol. The molecular formula is C50H39IrN8O4S. The summed E-state index contributed by atoms with van der Waals surface area (Å²) < 4.78 is 16.9. The van der Waals surface area contributed by atoms with Crippen LogP contribution in [0.2, 0.25) is 0 Å². The number of fused-ring (bicyclic) bond motifs is 5. The molecule has 0 saturated heterocycles. The molecule has 0 fully saturated rings. The van der Waals surface area contributed by atoms with Crippen molar-refractivity contribution in [3.63, 3.8) is 0 Å². The van der Waals surface area contributed by atoms with Crippen LogP contribution in [0.5, 0.6) is 17.2 Å². The summed E-state index contributed by atoms with van der Waals surface area (Å²) >= 11 is 1.37. The first-order chi connectivity index (χ1) is 30.5. The minimum absolute atomic E-state index is 0. The maximum absolute atomic E-state index is 12.0. The first-order valence-corrected chi connectivity index (χ1v) is 20.2. The zero-order valence-corrected chi connectivity index (χ0v) is 37.2. The molecule has 0 aliphatic rings. The van der Waals surface area contributed by atoms with Crippen molar-refractivity contribution in [2.24, 2.45) is 4.99 Å². The number of hydrogen-bond donors (Lipinski definition) is 0. The molecule has 0 radical (unpaired) electrons. The number of carbonyl (C=O) groups excluding carboxylic acids is 1. The molecule has 3 aromatic heterocycles. The fraction of sp³-hybridized carbons (Fsp3) is 0.0800. The number of ether oxygens (including phenoxy) is 3. The summed E-state index contributed by atoms with van der Waals surface area (Å²) in [5, 5.41) is 22.2. The second-order valence-corrected chi connectivity index (χ2v) is 14.6. The average Bonchev–Trinajstić information content (AvgIpc) is 4.08. The van der Waals surface area contributed by atoms with E-state index >= 15 is 0 Å². The molecular weight excluding hydrogens is 1000 g/mol. The van der Waals surface area contributed by atoms with Crippen LogP contribution in [0.1, 0.15) is 17.8 Å². The molecule has 0 bridgehead atoms. The molecule has 0 N–H and O–H groups in total. The SMILES string of the molecule is C.COc1c[c-]c(-n2nc3ccccc3n2)c2ccccc12.COc1c[c-]c(-n2nc3ccccc3n2)c2ccccc12.COc1ccc2[n-]c(=NC(=O)c3ccccc3)sc2c1.[Ir+3]. The number of methoxy groups -OCH3 is 3. The van der Waals surface area contributed by atoms with Crippen LogP contribution in [0.15, 0.2) is 163 Å². The molecule has 0 atom stereocenters. The average molecular weight is 1040 g/mol. The molecule has 64 heavy (non-hydrogen) atoms. The number of amides is 1. The Morgan fingerprint density at radius 1 is 0.578 bits per heavy atom. The van der Waals surface area contributed by atoms with Gasteiger partial charge in [0.15, 0.2) is 5.91 Å². The van der Waals surface area contributed by atoms with Crippen LogP contribution >= 0.6 is 11.3 Å². The second-order valence-electron chi connectivity index (χ2n) is 13.6. The van der Waals surface area contributed by atoms with Gasteiger partial charge in [-0.15, -0.1) is 35.6 Å². The summed E-state index contributed by atoms with van der Waals surface area (Å²) in [6.45, 7) is 0. The standard InChI is InChI=1S/2C17H12N3O.C15H12N2O2S.CH4.Ir/c2*1-21-17-11-10-16(12-6-2-3-7-13(12)17)20-18-14-8-4-5-9-15(14)19-20;1-19-11-7-8-12-13(9-11)20-15(16-12)17-14(18)10-5-3-2-4-6-10;;/h2*2-9,11H,1H3;2-9H,1H3,(H,16,17,18);1H4;/q2*-1;;;+3/p-1. The van der Waals surface area contributed by atoms with Crippen molar-refractivity contribution in [3.05, 3.63) is 180 Å². The van der Waals surface area contributed by atoms with Crippen LogP contribution < -0.4 is 24.0 Å². The van der Waals surface area contributed by atoms with Gasteiger partial charge in [-0.2, -0.15) is 42.1 Å². The van der Waals surface area contributed by atoms with E-state index < -0.39 is 0 Å². The molecule has 11 rings (SSSR count). The molecule has 3 heterocycles. The van der Waals surface area contributed by atoms with Crippen molar-refractivity contribution in [2.75, 3.05) is 21.3 Å². The fourth-order valence-corrected chi connectivity index (χ4v) is 7.64. The maximum Gasteiger partial charge on any atom is 3.00 e. The zero-order valence-electron chi connectivity index (χ0n) is 34.0. The van der Waals surface area contributed by atoms with Gasteiger partial charge < -0.3 is 24.2 Å². The van der Waals surface area contributed by atoms with Crippen LogP contribution in [-0.2, 0) is 20.1 Å². The molecule has 11 aromatic rings. The van der Waals surface area contributed by atoms with Crippen molar-refractivity contribution < 1.29 is 39.1 Å². The first-order valence-electron chi connectivity index (χ1n) is 19.3. The van der Waals surface area contributed by atoms with Gasteiger partial charge in [0.2, 0.25) is 0 Å². The van der Waals surface area contributed by atoms with E-state index in [1.165, 1.54) is 11.3 Å². The number of benzene rings is 8. The van der Waals surface area contributed by atoms with Gasteiger partial charge in [-0.3, -0.25) is 4.79 Å². The number of carbonyl (C=O) groups is 1. The molecule has 0 aliphatic carbocycles. The van der Waals surface area contributed by atoms with E-state index in [4.69, 9.17) is 14.2 Å². The van der Waals surface area contributed by atoms with Gasteiger partial charge in [0.25, 0.3) is 0 Å². The summed E-state index contributed by atoms with van der Waals surface area (Å²) in [7, 11) is 4.94. The van der Waals surface area contributed by atoms with Gasteiger partial charge in [-0.25, -0.2) is 0 Å². The first kappa shape index (κ1) is 44.5. The smallest absolute Gasteiger partial charge is 0.554 e. The van der Waals surface area contributed by atoms with Gasteiger partial charge in [0, 0.05) is 26.6 Å². The van der Waals surface area contributed by atoms with E-state index in [1.807, 2.05) is 146 Å². The van der Waals surface area contributed by atoms with Crippen molar-refractivity contribution >= 4 is 71.1 Å². The largest absolute Gasteiger partial charge is 3.00 e. The molecule has 12 nitrogen and oxygen atoms in total. The Bertz CT molecular complexity index is 3210. The molecule has 8 aromatic carbocycles. The van der Waals surface area contributed by atoms with Crippen molar-refractivity contribution in [2.45, 2.75) is 7.43 Å². The predicted molar refractivity (Wildman–Crippen MR) is 248 cm³/mol. The number of nitrogens with zero attached hydrogens (tertiary/aromatic N) is 8. The van der Waals surface area contributed by atoms with Crippen LogP contribution in [0.25, 0.3) is 65.2 Å². The fourth-order valence-electron chi connectivity index (χ4n) is 6.78. The maximum atomic E-state index is 12.0. The third-order valence-corrected chi connectivity index (χ3v) is 10.7. The molecule has 1 amide bonds. The summed E-state index contributed by atoms with van der Waals surface area (Å²) in [6.07, 6.45) is 0. The number of aromatic nitrogens is 7. The van der Waals surface area contributed by atoms with E-state index in [0.717, 1.165) is 82.5 Å². The van der Waals surface area contributed by atoms with Gasteiger partial charge >= 0.3 is 20.1 Å². The molecule has 0 aliphatic heterocycles. The van der Waals surface area contributed by atoms with Gasteiger partial charge in [0.05, 0.1) is 21.3 Å². The normalized spacial score (nSPS) is 11.0. The molecule has 318 valence electrons. The Morgan fingerprint density at radius 2 is 1.02 bits per heavy atom. The molecule has 0 saturated carbocycles. The third kappa shape index (κ3) is 9.30. The van der Waals surface area contributed by atoms with E-state index in [1.54, 1.807) is 43.1 Å². The zero-order chi connectivity index (χ0) is 42.4. The van der Waals surface area contributed by atoms with E-state index in [9.17, 15) is 4.79 Å². The van der Waals surface area contributed by atoms with Crippen molar-refractivity contribution in [1.29, 1.82) is 0 Å². The Kier molecular flexibility index (Phi) is 14.0. The number of thiazole rings is 1. The number of hydrogen-bond acceptors (Lipinski definition) is 9. The molecule has 0 unspecified atom stereocenters. The third-order valence-electron chi connectivity index (χ3n) is 9.79. The Hall–Kier alpha value is -7.51. The van der Waals surface area contributed by atoms with Crippen LogP contribution in [0, 0.1) is 12.1 Å². The van der Waals surface area contributed by atoms with Crippen LogP contribution in [-0.4, -0.2) is 57.2 Å². The quantitative estimate of drug-likeness (QED) is 0.149. The Labute approximate surface area is 385 Å². The van der Waals surface area contributed by atoms with Gasteiger partial charge in [0.1, 0.15) is 27.8 Å². The summed E-state index contributed by atoms with van der Waals surface area (Å²) in [4.78, 5) is 24.1.